The minimum Gasteiger partial charge on any atom is -0.494 e. The van der Waals surface area contributed by atoms with Crippen molar-refractivity contribution in [3.05, 3.63) is 107 Å². The normalized spacial score (nSPS) is 14.8. The highest BCUT2D eigenvalue weighted by Crippen LogP contribution is 2.27. The Balaban J connectivity index is 1.41. The van der Waals surface area contributed by atoms with E-state index in [0.29, 0.717) is 11.4 Å². The van der Waals surface area contributed by atoms with Gasteiger partial charge in [0.05, 0.1) is 13.0 Å². The third-order valence-corrected chi connectivity index (χ3v) is 9.69. The lowest BCUT2D eigenvalue weighted by molar-refractivity contribution is -0.154. The summed E-state index contributed by atoms with van der Waals surface area (Å²) in [5, 5.41) is 5.70. The number of esters is 1. The first-order valence-corrected chi connectivity index (χ1v) is 19.6. The van der Waals surface area contributed by atoms with Crippen LogP contribution in [-0.2, 0) is 26.2 Å². The number of allylic oxidation sites excluding steroid dienone is 1. The van der Waals surface area contributed by atoms with Crippen molar-refractivity contribution in [2.75, 3.05) is 13.2 Å². The summed E-state index contributed by atoms with van der Waals surface area (Å²) in [5.41, 5.74) is 4.44. The van der Waals surface area contributed by atoms with E-state index >= 15 is 0 Å². The second-order valence-corrected chi connectivity index (χ2v) is 16.5. The van der Waals surface area contributed by atoms with E-state index in [-0.39, 0.29) is 30.7 Å². The quantitative estimate of drug-likeness (QED) is 0.0914. The van der Waals surface area contributed by atoms with E-state index in [9.17, 15) is 14.4 Å². The average Bonchev–Trinajstić information content (AvgIpc) is 3.15. The third kappa shape index (κ3) is 14.3. The van der Waals surface area contributed by atoms with Gasteiger partial charge in [-0.25, -0.2) is 9.98 Å². The number of amidine groups is 1. The van der Waals surface area contributed by atoms with Crippen LogP contribution in [0.1, 0.15) is 126 Å². The van der Waals surface area contributed by atoms with E-state index in [2.05, 4.69) is 48.1 Å². The first-order chi connectivity index (χ1) is 26.1. The van der Waals surface area contributed by atoms with Crippen molar-refractivity contribution < 1.29 is 23.9 Å². The highest BCUT2D eigenvalue weighted by Gasteiger charge is 2.24. The van der Waals surface area contributed by atoms with Crippen LogP contribution in [0.4, 0.5) is 0 Å². The molecule has 0 aromatic heterocycles. The lowest BCUT2D eigenvalue weighted by atomic mass is 9.86. The molecule has 1 aliphatic carbocycles. The van der Waals surface area contributed by atoms with Crippen molar-refractivity contribution in [1.29, 1.82) is 0 Å². The number of carbonyl (C=O) groups excluding carboxylic acids is 3. The standard InChI is InChI=1S/C46H60N4O5/c1-32(35-20-24-39(25-21-35)54-29-27-33-12-10-9-11-13-33)31-49-42(47-8)36-16-14-34(15-17-36)30-40(44(53)48-28-26-41(51)55-46(5,6)7)50-43(52)37-18-22-38(23-19-37)45(2,3)4/h14-25,31,33,40H,8-13,26-30H2,1-7H3,(H,48,53)(H,50,52)/b32-31+,49-42?/t40-/m0/s1. The van der Waals surface area contributed by atoms with Gasteiger partial charge in [0.15, 0.2) is 5.84 Å². The maximum absolute atomic E-state index is 13.4. The fourth-order valence-corrected chi connectivity index (χ4v) is 6.47. The van der Waals surface area contributed by atoms with E-state index in [0.717, 1.165) is 52.5 Å². The summed E-state index contributed by atoms with van der Waals surface area (Å²) in [6.45, 7) is 18.3. The molecule has 9 nitrogen and oxygen atoms in total. The molecule has 0 saturated heterocycles. The number of carbonyl (C=O) groups is 3. The summed E-state index contributed by atoms with van der Waals surface area (Å²) in [7, 11) is 0. The van der Waals surface area contributed by atoms with Gasteiger partial charge >= 0.3 is 5.97 Å². The Morgan fingerprint density at radius 1 is 0.855 bits per heavy atom. The van der Waals surface area contributed by atoms with Gasteiger partial charge in [-0.05, 0) is 98.7 Å². The molecule has 3 aromatic rings. The lowest BCUT2D eigenvalue weighted by Gasteiger charge is -2.21. The fraction of sp³-hybridized carbons (Fsp3) is 0.457. The molecule has 1 atom stereocenters. The van der Waals surface area contributed by atoms with Gasteiger partial charge < -0.3 is 20.1 Å². The number of nitrogens with zero attached hydrogens (tertiary/aromatic N) is 2. The molecule has 294 valence electrons. The minimum absolute atomic E-state index is 0.0112. The summed E-state index contributed by atoms with van der Waals surface area (Å²) < 4.78 is 11.4. The molecule has 0 radical (unpaired) electrons. The zero-order valence-electron chi connectivity index (χ0n) is 33.9. The first kappa shape index (κ1) is 42.7. The molecule has 9 heteroatoms. The number of hydrogen-bond acceptors (Lipinski definition) is 6. The number of rotatable bonds is 15. The minimum atomic E-state index is -0.899. The van der Waals surface area contributed by atoms with Crippen LogP contribution in [0.3, 0.4) is 0 Å². The molecule has 0 aliphatic heterocycles. The number of benzene rings is 3. The van der Waals surface area contributed by atoms with Gasteiger partial charge in [0.25, 0.3) is 5.91 Å². The molecule has 1 saturated carbocycles. The van der Waals surface area contributed by atoms with Gasteiger partial charge in [0.1, 0.15) is 17.4 Å². The molecule has 4 rings (SSSR count). The van der Waals surface area contributed by atoms with Crippen molar-refractivity contribution in [3.8, 4) is 5.75 Å². The summed E-state index contributed by atoms with van der Waals surface area (Å²) in [5.74, 6) is 0.942. The second kappa shape index (κ2) is 20.0. The fourth-order valence-electron chi connectivity index (χ4n) is 6.47. The van der Waals surface area contributed by atoms with Crippen molar-refractivity contribution in [2.45, 2.75) is 117 Å². The van der Waals surface area contributed by atoms with Gasteiger partial charge in [-0.1, -0.05) is 101 Å². The summed E-state index contributed by atoms with van der Waals surface area (Å²) >= 11 is 0. The molecule has 0 heterocycles. The Kier molecular flexibility index (Phi) is 15.6. The topological polar surface area (TPSA) is 118 Å². The Hall–Kier alpha value is -5.05. The maximum Gasteiger partial charge on any atom is 0.308 e. The summed E-state index contributed by atoms with van der Waals surface area (Å²) in [6.07, 6.45) is 9.83. The largest absolute Gasteiger partial charge is 0.494 e. The van der Waals surface area contributed by atoms with Crippen LogP contribution in [0.15, 0.2) is 89.0 Å². The van der Waals surface area contributed by atoms with Crippen molar-refractivity contribution in [1.82, 2.24) is 10.6 Å². The molecular weight excluding hydrogens is 689 g/mol. The first-order valence-electron chi connectivity index (χ1n) is 19.6. The molecule has 3 aromatic carbocycles. The molecule has 1 aliphatic rings. The number of amides is 2. The average molecular weight is 749 g/mol. The molecule has 55 heavy (non-hydrogen) atoms. The smallest absolute Gasteiger partial charge is 0.308 e. The Morgan fingerprint density at radius 3 is 2.07 bits per heavy atom. The van der Waals surface area contributed by atoms with Crippen LogP contribution < -0.4 is 15.4 Å². The van der Waals surface area contributed by atoms with E-state index in [1.54, 1.807) is 39.1 Å². The molecule has 1 fully saturated rings. The zero-order valence-corrected chi connectivity index (χ0v) is 33.9. The van der Waals surface area contributed by atoms with Crippen molar-refractivity contribution >= 4 is 35.9 Å². The maximum atomic E-state index is 13.4. The summed E-state index contributed by atoms with van der Waals surface area (Å²) in [6, 6.07) is 22.1. The summed E-state index contributed by atoms with van der Waals surface area (Å²) in [4.78, 5) is 47.9. The third-order valence-electron chi connectivity index (χ3n) is 9.69. The van der Waals surface area contributed by atoms with Gasteiger partial charge in [-0.3, -0.25) is 14.4 Å². The van der Waals surface area contributed by atoms with Crippen LogP contribution in [0.5, 0.6) is 5.75 Å². The Labute approximate surface area is 328 Å². The van der Waals surface area contributed by atoms with E-state index in [1.807, 2.05) is 67.6 Å². The number of aliphatic imine (C=N–C) groups is 2. The van der Waals surface area contributed by atoms with E-state index in [1.165, 1.54) is 32.1 Å². The molecule has 0 bridgehead atoms. The predicted octanol–water partition coefficient (Wildman–Crippen LogP) is 9.03. The lowest BCUT2D eigenvalue weighted by Crippen LogP contribution is -2.48. The van der Waals surface area contributed by atoms with Gasteiger partial charge in [-0.15, -0.1) is 0 Å². The van der Waals surface area contributed by atoms with Crippen LogP contribution in [0.25, 0.3) is 5.57 Å². The SMILES string of the molecule is C=NC(=N/C=C(\C)c1ccc(OCCC2CCCCC2)cc1)c1ccc(C[C@H](NC(=O)c2ccc(C(C)(C)C)cc2)C(=O)NCCC(=O)OC(C)(C)C)cc1. The highest BCUT2D eigenvalue weighted by atomic mass is 16.6. The van der Waals surface area contributed by atoms with Crippen LogP contribution in [-0.4, -0.2) is 55.1 Å². The van der Waals surface area contributed by atoms with Gasteiger partial charge in [-0.2, -0.15) is 0 Å². The predicted molar refractivity (Wildman–Crippen MR) is 223 cm³/mol. The number of hydrogen-bond donors (Lipinski definition) is 2. The molecule has 0 spiro atoms. The van der Waals surface area contributed by atoms with Gasteiger partial charge in [0.2, 0.25) is 5.91 Å². The van der Waals surface area contributed by atoms with Crippen LogP contribution in [0, 0.1) is 5.92 Å². The Morgan fingerprint density at radius 2 is 1.47 bits per heavy atom. The Bertz CT molecular complexity index is 1790. The highest BCUT2D eigenvalue weighted by molar-refractivity contribution is 6.02. The number of ether oxygens (including phenoxy) is 2. The molecule has 2 N–H and O–H groups in total. The van der Waals surface area contributed by atoms with E-state index in [4.69, 9.17) is 9.47 Å². The zero-order chi connectivity index (χ0) is 40.0. The monoisotopic (exact) mass is 748 g/mol. The van der Waals surface area contributed by atoms with Crippen LogP contribution in [0.2, 0.25) is 0 Å². The van der Waals surface area contributed by atoms with Crippen molar-refractivity contribution in [3.63, 3.8) is 0 Å². The van der Waals surface area contributed by atoms with E-state index < -0.39 is 23.5 Å². The van der Waals surface area contributed by atoms with Crippen molar-refractivity contribution in [2.24, 2.45) is 15.9 Å². The molecule has 0 unspecified atom stereocenters. The number of nitrogens with one attached hydrogen (secondary N) is 2. The molecular formula is C46H60N4O5. The second-order valence-electron chi connectivity index (χ2n) is 16.5. The van der Waals surface area contributed by atoms with Crippen LogP contribution >= 0.6 is 0 Å². The van der Waals surface area contributed by atoms with Gasteiger partial charge in [0, 0.05) is 30.3 Å². The molecule has 2 amide bonds.